The van der Waals surface area contributed by atoms with Crippen LogP contribution >= 0.6 is 0 Å². The van der Waals surface area contributed by atoms with Crippen molar-refractivity contribution in [2.45, 2.75) is 65.9 Å². The maximum atomic E-state index is 12.5. The van der Waals surface area contributed by atoms with Gasteiger partial charge in [0, 0.05) is 24.7 Å². The first-order valence-electron chi connectivity index (χ1n) is 8.90. The van der Waals surface area contributed by atoms with Gasteiger partial charge >= 0.3 is 0 Å². The molecular weight excluding hydrogens is 316 g/mol. The Balaban J connectivity index is 2.51. The average molecular weight is 346 g/mol. The summed E-state index contributed by atoms with van der Waals surface area (Å²) >= 11 is 0. The average Bonchev–Trinajstić information content (AvgIpc) is 2.45. The molecule has 0 radical (unpaired) electrons. The number of nitrogens with zero attached hydrogens (tertiary/aromatic N) is 1. The molecule has 0 amide bonds. The highest BCUT2D eigenvalue weighted by Crippen LogP contribution is 2.41. The van der Waals surface area contributed by atoms with Crippen LogP contribution in [-0.4, -0.2) is 35.4 Å². The van der Waals surface area contributed by atoms with Crippen molar-refractivity contribution >= 4 is 11.8 Å². The van der Waals surface area contributed by atoms with Gasteiger partial charge in [0.05, 0.1) is 12.0 Å². The van der Waals surface area contributed by atoms with Gasteiger partial charge in [-0.05, 0) is 39.2 Å². The number of carbonyl (C=O) groups is 1. The molecule has 0 atom stereocenters. The van der Waals surface area contributed by atoms with Gasteiger partial charge in [-0.25, -0.2) is 0 Å². The molecule has 5 heteroatoms. The van der Waals surface area contributed by atoms with Crippen LogP contribution in [0.2, 0.25) is 0 Å². The van der Waals surface area contributed by atoms with Crippen LogP contribution in [0, 0.1) is 5.41 Å². The summed E-state index contributed by atoms with van der Waals surface area (Å²) < 4.78 is 11.9. The second kappa shape index (κ2) is 6.70. The number of benzene rings is 1. The summed E-state index contributed by atoms with van der Waals surface area (Å²) in [5, 5.41) is 8.24. The summed E-state index contributed by atoms with van der Waals surface area (Å²) in [5.41, 5.74) is 0.754. The van der Waals surface area contributed by atoms with E-state index in [1.165, 1.54) is 0 Å². The van der Waals surface area contributed by atoms with E-state index in [1.807, 2.05) is 38.7 Å². The van der Waals surface area contributed by atoms with Crippen molar-refractivity contribution in [3.05, 3.63) is 23.3 Å². The minimum absolute atomic E-state index is 0.0853. The molecule has 0 saturated heterocycles. The smallest absolute Gasteiger partial charge is 0.289 e. The third-order valence-electron chi connectivity index (χ3n) is 4.42. The molecule has 1 aromatic rings. The lowest BCUT2D eigenvalue weighted by Crippen LogP contribution is -2.37. The summed E-state index contributed by atoms with van der Waals surface area (Å²) in [4.78, 5) is 14.4. The van der Waals surface area contributed by atoms with E-state index >= 15 is 0 Å². The molecule has 1 aromatic carbocycles. The van der Waals surface area contributed by atoms with Crippen molar-refractivity contribution in [2.75, 3.05) is 13.1 Å². The molecule has 25 heavy (non-hydrogen) atoms. The Hall–Kier alpha value is -2.04. The predicted molar refractivity (Wildman–Crippen MR) is 100 cm³/mol. The van der Waals surface area contributed by atoms with E-state index in [4.69, 9.17) is 14.9 Å². The van der Waals surface area contributed by atoms with Crippen LogP contribution < -0.4 is 9.47 Å². The Labute approximate surface area is 150 Å². The van der Waals surface area contributed by atoms with Crippen molar-refractivity contribution in [2.24, 2.45) is 0 Å². The first kappa shape index (κ1) is 19.3. The summed E-state index contributed by atoms with van der Waals surface area (Å²) in [5.74, 6) is 1.20. The lowest BCUT2D eigenvalue weighted by Gasteiger charge is -2.34. The van der Waals surface area contributed by atoms with Crippen LogP contribution in [0.15, 0.2) is 12.1 Å². The number of ketones is 1. The first-order valence-corrected chi connectivity index (χ1v) is 8.90. The molecule has 0 spiro atoms. The number of amidine groups is 1. The Morgan fingerprint density at radius 3 is 2.40 bits per heavy atom. The van der Waals surface area contributed by atoms with Gasteiger partial charge in [-0.3, -0.25) is 10.2 Å². The normalized spacial score (nSPS) is 16.0. The van der Waals surface area contributed by atoms with Gasteiger partial charge in [0.2, 0.25) is 0 Å². The lowest BCUT2D eigenvalue weighted by molar-refractivity contribution is 0.0618. The molecule has 138 valence electrons. The zero-order valence-electron chi connectivity index (χ0n) is 16.4. The van der Waals surface area contributed by atoms with E-state index in [0.29, 0.717) is 36.6 Å². The van der Waals surface area contributed by atoms with Gasteiger partial charge in [0.15, 0.2) is 5.78 Å². The number of hydrogen-bond acceptors (Lipinski definition) is 4. The highest BCUT2D eigenvalue weighted by atomic mass is 16.5. The molecule has 0 bridgehead atoms. The maximum absolute atomic E-state index is 12.5. The number of fused-ring (bicyclic) bond motifs is 1. The molecule has 0 fully saturated rings. The molecule has 1 N–H and O–H groups in total. The van der Waals surface area contributed by atoms with Gasteiger partial charge in [0.25, 0.3) is 6.02 Å². The number of ether oxygens (including phenoxy) is 2. The summed E-state index contributed by atoms with van der Waals surface area (Å²) in [6.45, 7) is 15.4. The zero-order chi connectivity index (χ0) is 19.0. The molecule has 0 unspecified atom stereocenters. The predicted octanol–water partition coefficient (Wildman–Crippen LogP) is 4.38. The fourth-order valence-corrected chi connectivity index (χ4v) is 3.03. The number of nitrogens with one attached hydrogen (secondary N) is 1. The lowest BCUT2D eigenvalue weighted by atomic mass is 9.83. The highest BCUT2D eigenvalue weighted by molar-refractivity contribution is 6.01. The quantitative estimate of drug-likeness (QED) is 0.651. The number of hydrogen-bond donors (Lipinski definition) is 1. The van der Waals surface area contributed by atoms with Crippen molar-refractivity contribution in [1.29, 1.82) is 5.41 Å². The van der Waals surface area contributed by atoms with Crippen LogP contribution in [0.4, 0.5) is 0 Å². The standard InChI is InChI=1S/C20H30N2O3/c1-8-22(9-2)18(21)24-17-11-16-13(10-14(17)19(3,4)5)15(23)12-20(6,7)25-16/h10-11,21H,8-9,12H2,1-7H3. The van der Waals surface area contributed by atoms with E-state index in [1.54, 1.807) is 6.07 Å². The third kappa shape index (κ3) is 4.14. The minimum Gasteiger partial charge on any atom is -0.486 e. The van der Waals surface area contributed by atoms with Crippen molar-refractivity contribution in [3.8, 4) is 11.5 Å². The van der Waals surface area contributed by atoms with Crippen molar-refractivity contribution in [1.82, 2.24) is 4.90 Å². The van der Waals surface area contributed by atoms with Gasteiger partial charge in [-0.2, -0.15) is 0 Å². The molecule has 1 heterocycles. The van der Waals surface area contributed by atoms with Crippen LogP contribution in [0.5, 0.6) is 11.5 Å². The number of Topliss-reactive ketones (excluding diaryl/α,β-unsaturated/α-hetero) is 1. The zero-order valence-corrected chi connectivity index (χ0v) is 16.4. The molecule has 1 aliphatic rings. The van der Waals surface area contributed by atoms with E-state index < -0.39 is 5.60 Å². The van der Waals surface area contributed by atoms with Crippen LogP contribution in [0.25, 0.3) is 0 Å². The second-order valence-corrected chi connectivity index (χ2v) is 8.14. The van der Waals surface area contributed by atoms with Gasteiger partial charge < -0.3 is 14.4 Å². The monoisotopic (exact) mass is 346 g/mol. The topological polar surface area (TPSA) is 62.6 Å². The minimum atomic E-state index is -0.531. The Bertz CT molecular complexity index is 683. The van der Waals surface area contributed by atoms with E-state index in [0.717, 1.165) is 5.56 Å². The third-order valence-corrected chi connectivity index (χ3v) is 4.42. The maximum Gasteiger partial charge on any atom is 0.289 e. The van der Waals surface area contributed by atoms with Gasteiger partial charge in [0.1, 0.15) is 17.1 Å². The molecule has 1 aliphatic heterocycles. The largest absolute Gasteiger partial charge is 0.486 e. The Morgan fingerprint density at radius 1 is 1.28 bits per heavy atom. The number of carbonyl (C=O) groups excluding carboxylic acids is 1. The second-order valence-electron chi connectivity index (χ2n) is 8.14. The first-order chi connectivity index (χ1) is 11.5. The van der Waals surface area contributed by atoms with Crippen molar-refractivity contribution in [3.63, 3.8) is 0 Å². The highest BCUT2D eigenvalue weighted by Gasteiger charge is 2.35. The van der Waals surface area contributed by atoms with Crippen molar-refractivity contribution < 1.29 is 14.3 Å². The molecule has 0 saturated carbocycles. The number of rotatable bonds is 3. The fourth-order valence-electron chi connectivity index (χ4n) is 3.03. The summed E-state index contributed by atoms with van der Waals surface area (Å²) in [6.07, 6.45) is 0.360. The fraction of sp³-hybridized carbons (Fsp3) is 0.600. The van der Waals surface area contributed by atoms with E-state index in [-0.39, 0.29) is 17.2 Å². The van der Waals surface area contributed by atoms with Gasteiger partial charge in [-0.1, -0.05) is 20.8 Å². The summed E-state index contributed by atoms with van der Waals surface area (Å²) in [7, 11) is 0. The Morgan fingerprint density at radius 2 is 1.88 bits per heavy atom. The van der Waals surface area contributed by atoms with Gasteiger partial charge in [-0.15, -0.1) is 0 Å². The summed E-state index contributed by atoms with van der Waals surface area (Å²) in [6, 6.07) is 3.75. The SMILES string of the molecule is CCN(CC)C(=N)Oc1cc2c(cc1C(C)(C)C)C(=O)CC(C)(C)O2. The molecule has 2 rings (SSSR count). The van der Waals surface area contributed by atoms with E-state index in [2.05, 4.69) is 20.8 Å². The van der Waals surface area contributed by atoms with Crippen LogP contribution in [0.3, 0.4) is 0 Å². The van der Waals surface area contributed by atoms with Crippen LogP contribution in [0.1, 0.15) is 70.8 Å². The molecule has 0 aliphatic carbocycles. The Kier molecular flexibility index (Phi) is 5.17. The molecule has 5 nitrogen and oxygen atoms in total. The molecule has 0 aromatic heterocycles. The van der Waals surface area contributed by atoms with Crippen LogP contribution in [-0.2, 0) is 5.41 Å². The van der Waals surface area contributed by atoms with E-state index in [9.17, 15) is 4.79 Å². The molecular formula is C20H30N2O3.